The molecule has 0 aromatic carbocycles. The van der Waals surface area contributed by atoms with E-state index in [1.807, 2.05) is 18.7 Å². The van der Waals surface area contributed by atoms with Crippen molar-refractivity contribution in [2.45, 2.75) is 57.0 Å². The van der Waals surface area contributed by atoms with Gasteiger partial charge in [-0.05, 0) is 38.0 Å². The quantitative estimate of drug-likeness (QED) is 0.911. The van der Waals surface area contributed by atoms with E-state index in [0.717, 1.165) is 29.4 Å². The van der Waals surface area contributed by atoms with E-state index in [-0.39, 0.29) is 0 Å². The Kier molecular flexibility index (Phi) is 4.67. The van der Waals surface area contributed by atoms with Gasteiger partial charge in [-0.1, -0.05) is 25.6 Å². The van der Waals surface area contributed by atoms with Gasteiger partial charge >= 0.3 is 0 Å². The topological polar surface area (TPSA) is 56.7 Å². The molecule has 0 spiro atoms. The fourth-order valence-electron chi connectivity index (χ4n) is 2.59. The van der Waals surface area contributed by atoms with Gasteiger partial charge in [-0.2, -0.15) is 0 Å². The van der Waals surface area contributed by atoms with E-state index in [4.69, 9.17) is 5.73 Å². The van der Waals surface area contributed by atoms with Crippen molar-refractivity contribution in [1.82, 2.24) is 14.8 Å². The van der Waals surface area contributed by atoms with E-state index in [0.29, 0.717) is 11.8 Å². The van der Waals surface area contributed by atoms with Gasteiger partial charge in [-0.3, -0.25) is 0 Å². The molecule has 1 heterocycles. The van der Waals surface area contributed by atoms with E-state index in [1.165, 1.54) is 19.3 Å². The van der Waals surface area contributed by atoms with Crippen LogP contribution >= 0.6 is 11.8 Å². The van der Waals surface area contributed by atoms with Crippen LogP contribution in [0.3, 0.4) is 0 Å². The van der Waals surface area contributed by atoms with Gasteiger partial charge in [0.15, 0.2) is 5.16 Å². The lowest BCUT2D eigenvalue weighted by Crippen LogP contribution is -2.23. The largest absolute Gasteiger partial charge is 0.329 e. The fourth-order valence-corrected chi connectivity index (χ4v) is 3.98. The van der Waals surface area contributed by atoms with Crippen LogP contribution in [-0.4, -0.2) is 26.6 Å². The molecule has 2 N–H and O–H groups in total. The van der Waals surface area contributed by atoms with Gasteiger partial charge in [-0.15, -0.1) is 10.2 Å². The lowest BCUT2D eigenvalue weighted by atomic mass is 9.81. The maximum absolute atomic E-state index is 5.65. The molecule has 4 nitrogen and oxygen atoms in total. The predicted molar refractivity (Wildman–Crippen MR) is 75.6 cm³/mol. The Labute approximate surface area is 114 Å². The highest BCUT2D eigenvalue weighted by Gasteiger charge is 2.26. The number of nitrogens with zero attached hydrogens (tertiary/aromatic N) is 3. The molecule has 1 aliphatic rings. The summed E-state index contributed by atoms with van der Waals surface area (Å²) in [5.41, 5.74) is 5.65. The third kappa shape index (κ3) is 3.06. The Balaban J connectivity index is 2.01. The Bertz CT molecular complexity index is 390. The number of hydrogen-bond donors (Lipinski definition) is 1. The molecular formula is C13H24N4S. The zero-order valence-corrected chi connectivity index (χ0v) is 12.4. The van der Waals surface area contributed by atoms with Gasteiger partial charge in [0.05, 0.1) is 0 Å². The monoisotopic (exact) mass is 268 g/mol. The molecule has 1 aromatic rings. The van der Waals surface area contributed by atoms with Crippen molar-refractivity contribution in [2.24, 2.45) is 17.6 Å². The summed E-state index contributed by atoms with van der Waals surface area (Å²) in [6, 6.07) is 0. The molecule has 2 rings (SSSR count). The second-order valence-electron chi connectivity index (χ2n) is 5.48. The summed E-state index contributed by atoms with van der Waals surface area (Å²) in [4.78, 5) is 0. The number of aromatic nitrogens is 3. The lowest BCUT2D eigenvalue weighted by Gasteiger charge is -2.31. The first-order valence-electron chi connectivity index (χ1n) is 6.88. The summed E-state index contributed by atoms with van der Waals surface area (Å²) < 4.78 is 2.15. The summed E-state index contributed by atoms with van der Waals surface area (Å²) >= 11 is 1.89. The van der Waals surface area contributed by atoms with Crippen LogP contribution in [0.2, 0.25) is 0 Å². The van der Waals surface area contributed by atoms with Gasteiger partial charge in [0, 0.05) is 18.3 Å². The Morgan fingerprint density at radius 3 is 2.72 bits per heavy atom. The normalized spacial score (nSPS) is 28.6. The minimum atomic E-state index is 0.643. The molecule has 1 saturated carbocycles. The molecular weight excluding hydrogens is 244 g/mol. The highest BCUT2D eigenvalue weighted by Crippen LogP contribution is 2.38. The SMILES string of the molecule is Cc1nnc(SC2CCC(C)C(C)C2)n1CCN. The minimum Gasteiger partial charge on any atom is -0.329 e. The first kappa shape index (κ1) is 13.9. The molecule has 0 aliphatic heterocycles. The van der Waals surface area contributed by atoms with Crippen LogP contribution in [0, 0.1) is 18.8 Å². The summed E-state index contributed by atoms with van der Waals surface area (Å²) in [5, 5.41) is 10.2. The number of nitrogens with two attached hydrogens (primary N) is 1. The molecule has 1 aliphatic carbocycles. The summed E-state index contributed by atoms with van der Waals surface area (Å²) in [6.45, 7) is 8.20. The Morgan fingerprint density at radius 1 is 1.28 bits per heavy atom. The molecule has 0 radical (unpaired) electrons. The van der Waals surface area contributed by atoms with Crippen molar-refractivity contribution in [3.63, 3.8) is 0 Å². The van der Waals surface area contributed by atoms with Crippen LogP contribution in [0.4, 0.5) is 0 Å². The van der Waals surface area contributed by atoms with E-state index >= 15 is 0 Å². The summed E-state index contributed by atoms with van der Waals surface area (Å²) in [6.07, 6.45) is 3.92. The second-order valence-corrected chi connectivity index (χ2v) is 6.75. The van der Waals surface area contributed by atoms with Crippen LogP contribution in [0.5, 0.6) is 0 Å². The van der Waals surface area contributed by atoms with Crippen LogP contribution in [0.15, 0.2) is 5.16 Å². The van der Waals surface area contributed by atoms with Crippen LogP contribution in [-0.2, 0) is 6.54 Å². The maximum Gasteiger partial charge on any atom is 0.191 e. The molecule has 0 amide bonds. The highest BCUT2D eigenvalue weighted by molar-refractivity contribution is 7.99. The summed E-state index contributed by atoms with van der Waals surface area (Å²) in [7, 11) is 0. The van der Waals surface area contributed by atoms with Crippen molar-refractivity contribution in [3.05, 3.63) is 5.82 Å². The number of thioether (sulfide) groups is 1. The molecule has 102 valence electrons. The van der Waals surface area contributed by atoms with Gasteiger partial charge in [-0.25, -0.2) is 0 Å². The third-order valence-electron chi connectivity index (χ3n) is 4.08. The number of aryl methyl sites for hydroxylation is 1. The van der Waals surface area contributed by atoms with Crippen molar-refractivity contribution < 1.29 is 0 Å². The fraction of sp³-hybridized carbons (Fsp3) is 0.846. The van der Waals surface area contributed by atoms with Crippen molar-refractivity contribution in [3.8, 4) is 0 Å². The first-order valence-corrected chi connectivity index (χ1v) is 7.76. The highest BCUT2D eigenvalue weighted by atomic mass is 32.2. The predicted octanol–water partition coefficient (Wildman–Crippen LogP) is 2.46. The zero-order chi connectivity index (χ0) is 13.1. The third-order valence-corrected chi connectivity index (χ3v) is 5.35. The van der Waals surface area contributed by atoms with Gasteiger partial charge < -0.3 is 10.3 Å². The Hall–Kier alpha value is -0.550. The Morgan fingerprint density at radius 2 is 2.06 bits per heavy atom. The zero-order valence-electron chi connectivity index (χ0n) is 11.6. The molecule has 3 atom stereocenters. The standard InChI is InChI=1S/C13H24N4S/c1-9-4-5-12(8-10(9)2)18-13-16-15-11(3)17(13)7-6-14/h9-10,12H,4-8,14H2,1-3H3. The average Bonchev–Trinajstić information content (AvgIpc) is 2.67. The molecule has 1 aromatic heterocycles. The van der Waals surface area contributed by atoms with Crippen molar-refractivity contribution in [1.29, 1.82) is 0 Å². The van der Waals surface area contributed by atoms with Gasteiger partial charge in [0.2, 0.25) is 0 Å². The van der Waals surface area contributed by atoms with E-state index in [2.05, 4.69) is 28.6 Å². The van der Waals surface area contributed by atoms with Gasteiger partial charge in [0.1, 0.15) is 5.82 Å². The first-order chi connectivity index (χ1) is 8.61. The van der Waals surface area contributed by atoms with Crippen molar-refractivity contribution in [2.75, 3.05) is 6.54 Å². The number of hydrogen-bond acceptors (Lipinski definition) is 4. The molecule has 3 unspecified atom stereocenters. The van der Waals surface area contributed by atoms with Gasteiger partial charge in [0.25, 0.3) is 0 Å². The maximum atomic E-state index is 5.65. The molecule has 0 saturated heterocycles. The van der Waals surface area contributed by atoms with Crippen LogP contribution in [0.25, 0.3) is 0 Å². The van der Waals surface area contributed by atoms with Crippen LogP contribution in [0.1, 0.15) is 38.9 Å². The van der Waals surface area contributed by atoms with E-state index in [9.17, 15) is 0 Å². The van der Waals surface area contributed by atoms with E-state index in [1.54, 1.807) is 0 Å². The number of rotatable bonds is 4. The molecule has 0 bridgehead atoms. The molecule has 18 heavy (non-hydrogen) atoms. The summed E-state index contributed by atoms with van der Waals surface area (Å²) in [5.74, 6) is 2.66. The lowest BCUT2D eigenvalue weighted by molar-refractivity contribution is 0.283. The van der Waals surface area contributed by atoms with E-state index < -0.39 is 0 Å². The minimum absolute atomic E-state index is 0.643. The van der Waals surface area contributed by atoms with Crippen LogP contribution < -0.4 is 5.73 Å². The smallest absolute Gasteiger partial charge is 0.191 e. The second kappa shape index (κ2) is 6.06. The molecule has 5 heteroatoms. The van der Waals surface area contributed by atoms with Crippen molar-refractivity contribution >= 4 is 11.8 Å². The molecule has 1 fully saturated rings. The average molecular weight is 268 g/mol.